The lowest BCUT2D eigenvalue weighted by molar-refractivity contribution is -0.123. The lowest BCUT2D eigenvalue weighted by Crippen LogP contribution is -2.24. The van der Waals surface area contributed by atoms with Crippen LogP contribution in [-0.2, 0) is 4.79 Å². The summed E-state index contributed by atoms with van der Waals surface area (Å²) < 4.78 is 16.4. The van der Waals surface area contributed by atoms with E-state index in [2.05, 4.69) is 17.5 Å². The van der Waals surface area contributed by atoms with Crippen LogP contribution in [0.25, 0.3) is 0 Å². The number of carbonyl (C=O) groups excluding carboxylic acids is 2. The van der Waals surface area contributed by atoms with Crippen LogP contribution in [0.2, 0.25) is 0 Å². The van der Waals surface area contributed by atoms with Crippen LogP contribution in [0.15, 0.2) is 77.9 Å². The first-order chi connectivity index (χ1) is 16.5. The molecule has 0 aliphatic carbocycles. The van der Waals surface area contributed by atoms with Crippen LogP contribution in [0.4, 0.5) is 0 Å². The molecule has 7 nitrogen and oxygen atoms in total. The smallest absolute Gasteiger partial charge is 0.343 e. The summed E-state index contributed by atoms with van der Waals surface area (Å²) in [7, 11) is 0. The van der Waals surface area contributed by atoms with Crippen LogP contribution in [0.5, 0.6) is 17.2 Å². The van der Waals surface area contributed by atoms with Gasteiger partial charge in [0.2, 0.25) is 0 Å². The zero-order valence-electron chi connectivity index (χ0n) is 19.3. The monoisotopic (exact) mass is 460 g/mol. The summed E-state index contributed by atoms with van der Waals surface area (Å²) in [4.78, 5) is 24.2. The number of rotatable bonds is 11. The van der Waals surface area contributed by atoms with Crippen molar-refractivity contribution in [3.8, 4) is 17.2 Å². The Morgan fingerprint density at radius 2 is 1.65 bits per heavy atom. The number of amides is 1. The highest BCUT2D eigenvalue weighted by atomic mass is 16.5. The highest BCUT2D eigenvalue weighted by molar-refractivity contribution is 5.91. The maximum atomic E-state index is 12.4. The van der Waals surface area contributed by atoms with Crippen molar-refractivity contribution < 1.29 is 23.8 Å². The minimum absolute atomic E-state index is 0.137. The molecule has 3 aromatic carbocycles. The van der Waals surface area contributed by atoms with Gasteiger partial charge in [0.1, 0.15) is 17.2 Å². The highest BCUT2D eigenvalue weighted by Gasteiger charge is 2.09. The fourth-order valence-corrected chi connectivity index (χ4v) is 2.87. The van der Waals surface area contributed by atoms with E-state index in [-0.39, 0.29) is 12.5 Å². The molecule has 0 aromatic heterocycles. The van der Waals surface area contributed by atoms with Crippen molar-refractivity contribution in [2.45, 2.75) is 26.7 Å². The summed E-state index contributed by atoms with van der Waals surface area (Å²) in [6.07, 6.45) is 3.54. The second-order valence-electron chi connectivity index (χ2n) is 7.58. The number of aryl methyl sites for hydroxylation is 1. The third-order valence-electron chi connectivity index (χ3n) is 4.71. The summed E-state index contributed by atoms with van der Waals surface area (Å²) in [5, 5.41) is 3.92. The fourth-order valence-electron chi connectivity index (χ4n) is 2.87. The van der Waals surface area contributed by atoms with Gasteiger partial charge in [-0.3, -0.25) is 4.79 Å². The van der Waals surface area contributed by atoms with Gasteiger partial charge < -0.3 is 14.2 Å². The largest absolute Gasteiger partial charge is 0.494 e. The van der Waals surface area contributed by atoms with Gasteiger partial charge in [0, 0.05) is 0 Å². The molecule has 176 valence electrons. The summed E-state index contributed by atoms with van der Waals surface area (Å²) in [6.45, 7) is 4.57. The topological polar surface area (TPSA) is 86.2 Å². The summed E-state index contributed by atoms with van der Waals surface area (Å²) in [6, 6.07) is 21.1. The SMILES string of the molecule is CCCCOc1ccc(C(=O)Oc2ccc(/C=N\NC(=O)COc3cccc(C)c3)cc2)cc1. The summed E-state index contributed by atoms with van der Waals surface area (Å²) in [5.74, 6) is 0.927. The number of esters is 1. The van der Waals surface area contributed by atoms with E-state index in [1.54, 1.807) is 54.6 Å². The van der Waals surface area contributed by atoms with E-state index >= 15 is 0 Å². The number of nitrogens with zero attached hydrogens (tertiary/aromatic N) is 1. The number of nitrogens with one attached hydrogen (secondary N) is 1. The summed E-state index contributed by atoms with van der Waals surface area (Å²) >= 11 is 0. The van der Waals surface area contributed by atoms with Crippen molar-refractivity contribution in [1.82, 2.24) is 5.43 Å². The molecule has 0 bridgehead atoms. The Balaban J connectivity index is 1.43. The Kier molecular flexibility index (Phi) is 9.22. The van der Waals surface area contributed by atoms with Crippen LogP contribution < -0.4 is 19.6 Å². The van der Waals surface area contributed by atoms with Crippen molar-refractivity contribution in [2.24, 2.45) is 5.10 Å². The van der Waals surface area contributed by atoms with Gasteiger partial charge in [0.15, 0.2) is 6.61 Å². The first-order valence-corrected chi connectivity index (χ1v) is 11.1. The number of ether oxygens (including phenoxy) is 3. The molecule has 0 heterocycles. The molecule has 0 aliphatic rings. The molecule has 3 rings (SSSR count). The second kappa shape index (κ2) is 12.8. The normalized spacial score (nSPS) is 10.6. The Labute approximate surface area is 199 Å². The van der Waals surface area contributed by atoms with Crippen LogP contribution in [-0.4, -0.2) is 31.3 Å². The Morgan fingerprint density at radius 1 is 0.912 bits per heavy atom. The molecule has 0 spiro atoms. The van der Waals surface area contributed by atoms with Crippen molar-refractivity contribution in [3.63, 3.8) is 0 Å². The maximum Gasteiger partial charge on any atom is 0.343 e. The van der Waals surface area contributed by atoms with Crippen molar-refractivity contribution in [1.29, 1.82) is 0 Å². The number of hydrogen-bond donors (Lipinski definition) is 1. The van der Waals surface area contributed by atoms with E-state index < -0.39 is 5.97 Å². The van der Waals surface area contributed by atoms with E-state index in [1.807, 2.05) is 25.1 Å². The second-order valence-corrected chi connectivity index (χ2v) is 7.58. The first-order valence-electron chi connectivity index (χ1n) is 11.1. The Hall–Kier alpha value is -4.13. The number of unbranched alkanes of at least 4 members (excludes halogenated alkanes) is 1. The predicted octanol–water partition coefficient (Wildman–Crippen LogP) is 4.92. The minimum Gasteiger partial charge on any atom is -0.494 e. The molecule has 0 saturated heterocycles. The van der Waals surface area contributed by atoms with Crippen LogP contribution in [0.3, 0.4) is 0 Å². The zero-order chi connectivity index (χ0) is 24.2. The van der Waals surface area contributed by atoms with Gasteiger partial charge >= 0.3 is 5.97 Å². The molecular formula is C27H28N2O5. The number of hydrogen-bond acceptors (Lipinski definition) is 6. The van der Waals surface area contributed by atoms with Gasteiger partial charge in [0.05, 0.1) is 18.4 Å². The van der Waals surface area contributed by atoms with Crippen molar-refractivity contribution >= 4 is 18.1 Å². The molecule has 1 amide bonds. The molecule has 0 saturated carbocycles. The molecule has 0 fully saturated rings. The highest BCUT2D eigenvalue weighted by Crippen LogP contribution is 2.17. The molecule has 3 aromatic rings. The zero-order valence-corrected chi connectivity index (χ0v) is 19.3. The summed E-state index contributed by atoms with van der Waals surface area (Å²) in [5.41, 5.74) is 4.63. The van der Waals surface area contributed by atoms with E-state index in [0.717, 1.165) is 29.7 Å². The molecule has 0 radical (unpaired) electrons. The van der Waals surface area contributed by atoms with Gasteiger partial charge in [0.25, 0.3) is 5.91 Å². The van der Waals surface area contributed by atoms with Gasteiger partial charge in [-0.05, 0) is 85.1 Å². The van der Waals surface area contributed by atoms with Crippen LogP contribution in [0.1, 0.15) is 41.3 Å². The van der Waals surface area contributed by atoms with Crippen molar-refractivity contribution in [3.05, 3.63) is 89.5 Å². The van der Waals surface area contributed by atoms with Crippen LogP contribution >= 0.6 is 0 Å². The average molecular weight is 461 g/mol. The van der Waals surface area contributed by atoms with Gasteiger partial charge in [-0.25, -0.2) is 10.2 Å². The van der Waals surface area contributed by atoms with Crippen molar-refractivity contribution in [2.75, 3.05) is 13.2 Å². The Bertz CT molecular complexity index is 1110. The molecule has 7 heteroatoms. The molecule has 0 aliphatic heterocycles. The fraction of sp³-hybridized carbons (Fsp3) is 0.222. The Morgan fingerprint density at radius 3 is 2.35 bits per heavy atom. The third-order valence-corrected chi connectivity index (χ3v) is 4.71. The minimum atomic E-state index is -0.456. The van der Waals surface area contributed by atoms with Gasteiger partial charge in [-0.15, -0.1) is 0 Å². The molecule has 1 N–H and O–H groups in total. The number of benzene rings is 3. The number of hydrazone groups is 1. The standard InChI is InChI=1S/C27H28N2O5/c1-3-4-16-32-23-14-10-22(11-15-23)27(31)34-24-12-8-21(9-13-24)18-28-29-26(30)19-33-25-7-5-6-20(2)17-25/h5-15,17-18H,3-4,16,19H2,1-2H3,(H,29,30)/b28-18-. The average Bonchev–Trinajstić information content (AvgIpc) is 2.84. The lowest BCUT2D eigenvalue weighted by atomic mass is 10.2. The lowest BCUT2D eigenvalue weighted by Gasteiger charge is -2.07. The van der Waals surface area contributed by atoms with E-state index in [0.29, 0.717) is 23.7 Å². The predicted molar refractivity (Wildman–Crippen MR) is 131 cm³/mol. The molecular weight excluding hydrogens is 432 g/mol. The maximum absolute atomic E-state index is 12.4. The van der Waals surface area contributed by atoms with E-state index in [4.69, 9.17) is 14.2 Å². The third kappa shape index (κ3) is 8.09. The molecule has 0 atom stereocenters. The van der Waals surface area contributed by atoms with Gasteiger partial charge in [-0.2, -0.15) is 5.10 Å². The quantitative estimate of drug-likeness (QED) is 0.144. The number of carbonyl (C=O) groups is 2. The van der Waals surface area contributed by atoms with Gasteiger partial charge in [-0.1, -0.05) is 25.5 Å². The molecule has 0 unspecified atom stereocenters. The first kappa shape index (κ1) is 24.5. The van der Waals surface area contributed by atoms with E-state index in [9.17, 15) is 9.59 Å². The van der Waals surface area contributed by atoms with E-state index in [1.165, 1.54) is 6.21 Å². The molecule has 34 heavy (non-hydrogen) atoms. The van der Waals surface area contributed by atoms with Crippen LogP contribution in [0, 0.1) is 6.92 Å².